The van der Waals surface area contributed by atoms with E-state index in [-0.39, 0.29) is 29.3 Å². The Morgan fingerprint density at radius 2 is 1.67 bits per heavy atom. The minimum atomic E-state index is -1.90. The Morgan fingerprint density at radius 1 is 1.11 bits per heavy atom. The first-order valence-corrected chi connectivity index (χ1v) is 8.28. The van der Waals surface area contributed by atoms with Gasteiger partial charge in [0.1, 0.15) is 17.1 Å². The maximum absolute atomic E-state index is 12.8. The second-order valence-electron chi connectivity index (χ2n) is 6.22. The maximum atomic E-state index is 12.8. The molecule has 145 valence electrons. The molecule has 10 heteroatoms. The molecule has 2 rings (SSSR count). The number of carbonyl (C=O) groups is 3. The number of hydrogen-bond acceptors (Lipinski definition) is 8. The quantitative estimate of drug-likeness (QED) is 0.527. The molecule has 27 heavy (non-hydrogen) atoms. The van der Waals surface area contributed by atoms with Gasteiger partial charge >= 0.3 is 25.6 Å². The van der Waals surface area contributed by atoms with Crippen molar-refractivity contribution in [1.29, 1.82) is 0 Å². The number of rotatable bonds is 8. The number of carbonyl (C=O) groups excluding carboxylic acids is 2. The van der Waals surface area contributed by atoms with Gasteiger partial charge in [0.25, 0.3) is 0 Å². The molecule has 0 spiro atoms. The topological polar surface area (TPSA) is 118 Å². The molecule has 1 aliphatic rings. The summed E-state index contributed by atoms with van der Waals surface area (Å²) in [4.78, 5) is 35.8. The summed E-state index contributed by atoms with van der Waals surface area (Å²) in [7, 11) is 0.694. The Labute approximate surface area is 156 Å². The molecule has 1 heterocycles. The summed E-state index contributed by atoms with van der Waals surface area (Å²) < 4.78 is 25.5. The van der Waals surface area contributed by atoms with Crippen molar-refractivity contribution in [2.75, 3.05) is 0 Å². The highest BCUT2D eigenvalue weighted by Crippen LogP contribution is 2.31. The van der Waals surface area contributed by atoms with Gasteiger partial charge < -0.3 is 28.6 Å². The molecule has 1 radical (unpaired) electrons. The summed E-state index contributed by atoms with van der Waals surface area (Å²) in [6.07, 6.45) is -4.02. The van der Waals surface area contributed by atoms with Crippen molar-refractivity contribution in [2.45, 2.75) is 52.1 Å². The third-order valence-corrected chi connectivity index (χ3v) is 3.27. The second kappa shape index (κ2) is 8.76. The van der Waals surface area contributed by atoms with Crippen LogP contribution in [-0.2, 0) is 23.6 Å². The first kappa shape index (κ1) is 20.6. The van der Waals surface area contributed by atoms with Crippen LogP contribution in [0.2, 0.25) is 0 Å². The number of hydrogen-bond donors (Lipinski definition) is 1. The zero-order valence-corrected chi connectivity index (χ0v) is 15.3. The molecular weight excluding hydrogens is 359 g/mol. The number of ether oxygens (including phenoxy) is 3. The molecule has 1 aliphatic heterocycles. The van der Waals surface area contributed by atoms with Gasteiger partial charge in [0.05, 0.1) is 12.2 Å². The van der Waals surface area contributed by atoms with E-state index in [1.54, 1.807) is 33.8 Å². The van der Waals surface area contributed by atoms with E-state index < -0.39 is 30.1 Å². The fourth-order valence-electron chi connectivity index (χ4n) is 2.29. The molecule has 0 bridgehead atoms. The number of carboxylic acids is 1. The van der Waals surface area contributed by atoms with E-state index in [0.717, 1.165) is 0 Å². The maximum Gasteiger partial charge on any atom is 0.575 e. The Kier molecular flexibility index (Phi) is 6.67. The van der Waals surface area contributed by atoms with Gasteiger partial charge in [-0.25, -0.2) is 9.59 Å². The molecule has 1 aromatic carbocycles. The van der Waals surface area contributed by atoms with Crippen molar-refractivity contribution in [2.24, 2.45) is 0 Å². The summed E-state index contributed by atoms with van der Waals surface area (Å²) in [5.41, 5.74) is -0.0820. The van der Waals surface area contributed by atoms with Crippen molar-refractivity contribution >= 4 is 25.6 Å². The summed E-state index contributed by atoms with van der Waals surface area (Å²) >= 11 is 0. The molecule has 0 aliphatic carbocycles. The Hall–Kier alpha value is -2.75. The van der Waals surface area contributed by atoms with E-state index in [1.165, 1.54) is 12.1 Å². The van der Waals surface area contributed by atoms with E-state index in [2.05, 4.69) is 4.65 Å². The molecule has 0 aromatic heterocycles. The molecule has 0 amide bonds. The minimum absolute atomic E-state index is 0.0820. The smallest absolute Gasteiger partial charge is 0.509 e. The number of aliphatic carboxylic acids is 1. The van der Waals surface area contributed by atoms with Crippen LogP contribution in [-0.4, -0.2) is 55.1 Å². The Bertz CT molecular complexity index is 688. The van der Waals surface area contributed by atoms with Crippen LogP contribution < -0.4 is 9.47 Å². The lowest BCUT2D eigenvalue weighted by Crippen LogP contribution is -2.42. The van der Waals surface area contributed by atoms with E-state index >= 15 is 0 Å². The summed E-state index contributed by atoms with van der Waals surface area (Å²) in [6, 6.07) is 4.70. The van der Waals surface area contributed by atoms with Crippen LogP contribution in [0.3, 0.4) is 0 Å². The van der Waals surface area contributed by atoms with Crippen LogP contribution in [0.25, 0.3) is 0 Å². The lowest BCUT2D eigenvalue weighted by molar-refractivity contribution is -0.158. The molecule has 1 fully saturated rings. The fraction of sp³-hybridized carbons (Fsp3) is 0.471. The van der Waals surface area contributed by atoms with Crippen LogP contribution in [0.4, 0.5) is 0 Å². The highest BCUT2D eigenvalue weighted by molar-refractivity contribution is 6.26. The largest absolute Gasteiger partial charge is 0.575 e. The molecule has 9 nitrogen and oxygen atoms in total. The minimum Gasteiger partial charge on any atom is -0.509 e. The lowest BCUT2D eigenvalue weighted by Gasteiger charge is -2.21. The van der Waals surface area contributed by atoms with Gasteiger partial charge in [0.15, 0.2) is 6.10 Å². The van der Waals surface area contributed by atoms with Crippen LogP contribution in [0, 0.1) is 0 Å². The van der Waals surface area contributed by atoms with Gasteiger partial charge in [-0.2, -0.15) is 0 Å². The van der Waals surface area contributed by atoms with Crippen LogP contribution >= 0.6 is 0 Å². The van der Waals surface area contributed by atoms with Crippen molar-refractivity contribution in [3.63, 3.8) is 0 Å². The van der Waals surface area contributed by atoms with Crippen LogP contribution in [0.15, 0.2) is 18.2 Å². The standard InChI is InChI=1S/C17H20BO9/c1-8(2)23-10-6-5-7-11(24-9(3)4)12(10)16(21)25-13(15(19)20)14-17(22)27-18-26-14/h5-9,13-14H,1-4H3,(H,19,20). The molecule has 1 N–H and O–H groups in total. The van der Waals surface area contributed by atoms with E-state index in [1.807, 2.05) is 0 Å². The van der Waals surface area contributed by atoms with Crippen molar-refractivity contribution in [3.8, 4) is 11.5 Å². The Balaban J connectivity index is 2.36. The molecule has 2 unspecified atom stereocenters. The van der Waals surface area contributed by atoms with E-state index in [9.17, 15) is 19.5 Å². The normalized spacial score (nSPS) is 17.3. The van der Waals surface area contributed by atoms with Gasteiger partial charge in [-0.15, -0.1) is 0 Å². The van der Waals surface area contributed by atoms with Gasteiger partial charge in [-0.1, -0.05) is 6.07 Å². The van der Waals surface area contributed by atoms with Crippen molar-refractivity contribution in [3.05, 3.63) is 23.8 Å². The van der Waals surface area contributed by atoms with Crippen LogP contribution in [0.5, 0.6) is 11.5 Å². The van der Waals surface area contributed by atoms with Crippen LogP contribution in [0.1, 0.15) is 38.1 Å². The number of benzene rings is 1. The molecule has 0 saturated carbocycles. The molecule has 1 aromatic rings. The van der Waals surface area contributed by atoms with Crippen molar-refractivity contribution in [1.82, 2.24) is 0 Å². The molecular formula is C17H20BO9. The van der Waals surface area contributed by atoms with Gasteiger partial charge in [0, 0.05) is 0 Å². The third kappa shape index (κ3) is 5.13. The summed E-state index contributed by atoms with van der Waals surface area (Å²) in [5.74, 6) is -3.23. The Morgan fingerprint density at radius 3 is 2.07 bits per heavy atom. The zero-order valence-electron chi connectivity index (χ0n) is 15.3. The van der Waals surface area contributed by atoms with Crippen molar-refractivity contribution < 1.29 is 43.0 Å². The predicted molar refractivity (Wildman–Crippen MR) is 91.5 cm³/mol. The summed E-state index contributed by atoms with van der Waals surface area (Å²) in [5, 5.41) is 9.34. The van der Waals surface area contributed by atoms with Gasteiger partial charge in [0.2, 0.25) is 6.10 Å². The third-order valence-electron chi connectivity index (χ3n) is 3.27. The molecule has 1 saturated heterocycles. The predicted octanol–water partition coefficient (Wildman–Crippen LogP) is 1.35. The SMILES string of the molecule is CC(C)Oc1cccc(OC(C)C)c1C(=O)OC(C(=O)O)C1O[B]OC1=O. The van der Waals surface area contributed by atoms with E-state index in [0.29, 0.717) is 7.69 Å². The fourth-order valence-corrected chi connectivity index (χ4v) is 2.29. The first-order valence-electron chi connectivity index (χ1n) is 8.28. The average Bonchev–Trinajstić information content (AvgIpc) is 2.97. The first-order chi connectivity index (χ1) is 12.7. The second-order valence-corrected chi connectivity index (χ2v) is 6.22. The number of esters is 1. The van der Waals surface area contributed by atoms with E-state index in [4.69, 9.17) is 18.9 Å². The zero-order chi connectivity index (χ0) is 20.1. The lowest BCUT2D eigenvalue weighted by atomic mass is 10.1. The monoisotopic (exact) mass is 379 g/mol. The number of carboxylic acid groups (broad SMARTS) is 1. The highest BCUT2D eigenvalue weighted by atomic mass is 16.7. The highest BCUT2D eigenvalue weighted by Gasteiger charge is 2.44. The van der Waals surface area contributed by atoms with Gasteiger partial charge in [-0.05, 0) is 39.8 Å². The molecule has 2 atom stereocenters. The average molecular weight is 379 g/mol. The van der Waals surface area contributed by atoms with Gasteiger partial charge in [-0.3, -0.25) is 4.79 Å². The summed E-state index contributed by atoms with van der Waals surface area (Å²) in [6.45, 7) is 7.07.